The van der Waals surface area contributed by atoms with Gasteiger partial charge in [0.2, 0.25) is 0 Å². The summed E-state index contributed by atoms with van der Waals surface area (Å²) in [5.41, 5.74) is 4.95. The van der Waals surface area contributed by atoms with Crippen molar-refractivity contribution in [2.45, 2.75) is 19.4 Å². The Morgan fingerprint density at radius 2 is 1.86 bits per heavy atom. The molecule has 0 saturated carbocycles. The summed E-state index contributed by atoms with van der Waals surface area (Å²) in [6.07, 6.45) is 3.76. The number of rotatable bonds is 4. The summed E-state index contributed by atoms with van der Waals surface area (Å²) < 4.78 is 0. The first-order chi connectivity index (χ1) is 13.6. The zero-order valence-electron chi connectivity index (χ0n) is 16.0. The number of β-amino-alcohol motifs (C(OH)–C–C–N with tert-alkyl or cyclic N) is 1. The fraction of sp³-hybridized carbons (Fsp3) is 0.250. The lowest BCUT2D eigenvalue weighted by Gasteiger charge is -2.18. The van der Waals surface area contributed by atoms with Crippen LogP contribution in [0.25, 0.3) is 11.1 Å². The van der Waals surface area contributed by atoms with Crippen molar-refractivity contribution in [1.29, 1.82) is 0 Å². The van der Waals surface area contributed by atoms with Crippen molar-refractivity contribution >= 4 is 5.91 Å². The summed E-state index contributed by atoms with van der Waals surface area (Å²) in [7, 11) is 0. The van der Waals surface area contributed by atoms with Gasteiger partial charge in [-0.15, -0.1) is 0 Å². The number of aliphatic hydroxyl groups is 1. The first-order valence-electron chi connectivity index (χ1n) is 9.64. The van der Waals surface area contributed by atoms with Gasteiger partial charge in [0, 0.05) is 37.0 Å². The van der Waals surface area contributed by atoms with E-state index < -0.39 is 6.10 Å². The molecule has 1 aliphatic rings. The van der Waals surface area contributed by atoms with Crippen molar-refractivity contribution in [2.75, 3.05) is 13.1 Å². The van der Waals surface area contributed by atoms with Gasteiger partial charge in [0.25, 0.3) is 5.91 Å². The summed E-state index contributed by atoms with van der Waals surface area (Å²) in [5.74, 6) is 0.0193. The second-order valence-electron chi connectivity index (χ2n) is 7.51. The van der Waals surface area contributed by atoms with Gasteiger partial charge in [0.05, 0.1) is 6.10 Å². The molecule has 0 spiro atoms. The summed E-state index contributed by atoms with van der Waals surface area (Å²) in [6.45, 7) is 2.98. The molecule has 0 bridgehead atoms. The average molecular weight is 372 g/mol. The maximum absolute atomic E-state index is 13.3. The number of pyridine rings is 1. The molecule has 4 nitrogen and oxygen atoms in total. The van der Waals surface area contributed by atoms with Gasteiger partial charge in [-0.05, 0) is 48.2 Å². The average Bonchev–Trinajstić information content (AvgIpc) is 3.08. The van der Waals surface area contributed by atoms with Crippen LogP contribution in [0.1, 0.15) is 21.5 Å². The van der Waals surface area contributed by atoms with Crippen LogP contribution in [0.2, 0.25) is 0 Å². The van der Waals surface area contributed by atoms with Crippen LogP contribution in [0.5, 0.6) is 0 Å². The van der Waals surface area contributed by atoms with Crippen LogP contribution < -0.4 is 0 Å². The molecule has 28 heavy (non-hydrogen) atoms. The topological polar surface area (TPSA) is 53.4 Å². The van der Waals surface area contributed by atoms with Crippen LogP contribution in [0.15, 0.2) is 73.1 Å². The van der Waals surface area contributed by atoms with Gasteiger partial charge in [0.1, 0.15) is 0 Å². The van der Waals surface area contributed by atoms with E-state index in [-0.39, 0.29) is 11.8 Å². The fourth-order valence-electron chi connectivity index (χ4n) is 3.95. The summed E-state index contributed by atoms with van der Waals surface area (Å²) >= 11 is 0. The van der Waals surface area contributed by atoms with Gasteiger partial charge in [-0.3, -0.25) is 9.78 Å². The highest BCUT2D eigenvalue weighted by atomic mass is 16.3. The Morgan fingerprint density at radius 1 is 1.07 bits per heavy atom. The van der Waals surface area contributed by atoms with Crippen LogP contribution in [-0.2, 0) is 6.42 Å². The standard InChI is InChI=1S/C24H24N2O2/c1-17-5-4-6-19(13-17)21-7-2-3-8-22(21)24(28)26-15-20(23(27)16-26)14-18-9-11-25-12-10-18/h2-13,20,23,27H,14-16H2,1H3/t20-,23-/m1/s1. The number of aromatic nitrogens is 1. The lowest BCUT2D eigenvalue weighted by atomic mass is 9.97. The first-order valence-corrected chi connectivity index (χ1v) is 9.64. The van der Waals surface area contributed by atoms with Gasteiger partial charge in [0.15, 0.2) is 0 Å². The smallest absolute Gasteiger partial charge is 0.254 e. The van der Waals surface area contributed by atoms with E-state index in [4.69, 9.17) is 0 Å². The zero-order valence-corrected chi connectivity index (χ0v) is 16.0. The number of amides is 1. The molecule has 0 radical (unpaired) electrons. The third-order valence-electron chi connectivity index (χ3n) is 5.43. The third-order valence-corrected chi connectivity index (χ3v) is 5.43. The number of aliphatic hydroxyl groups excluding tert-OH is 1. The van der Waals surface area contributed by atoms with Crippen molar-refractivity contribution in [1.82, 2.24) is 9.88 Å². The Bertz CT molecular complexity index is 971. The van der Waals surface area contributed by atoms with E-state index in [9.17, 15) is 9.90 Å². The van der Waals surface area contributed by atoms with Gasteiger partial charge in [-0.25, -0.2) is 0 Å². The minimum absolute atomic E-state index is 0.0200. The van der Waals surface area contributed by atoms with Gasteiger partial charge >= 0.3 is 0 Å². The molecule has 0 aliphatic carbocycles. The summed E-state index contributed by atoms with van der Waals surface area (Å²) in [5, 5.41) is 10.5. The summed E-state index contributed by atoms with van der Waals surface area (Å²) in [4.78, 5) is 19.1. The van der Waals surface area contributed by atoms with Crippen molar-refractivity contribution in [3.05, 3.63) is 89.7 Å². The highest BCUT2D eigenvalue weighted by molar-refractivity contribution is 6.01. The quantitative estimate of drug-likeness (QED) is 0.759. The van der Waals surface area contributed by atoms with E-state index in [0.717, 1.165) is 28.7 Å². The zero-order chi connectivity index (χ0) is 19.5. The van der Waals surface area contributed by atoms with Gasteiger partial charge in [-0.2, -0.15) is 0 Å². The van der Waals surface area contributed by atoms with E-state index in [1.165, 1.54) is 0 Å². The minimum atomic E-state index is -0.511. The largest absolute Gasteiger partial charge is 0.391 e. The lowest BCUT2D eigenvalue weighted by Crippen LogP contribution is -2.30. The number of aryl methyl sites for hydroxylation is 1. The van der Waals surface area contributed by atoms with Crippen LogP contribution in [0.4, 0.5) is 0 Å². The molecular formula is C24H24N2O2. The molecule has 2 aromatic carbocycles. The first kappa shape index (κ1) is 18.4. The van der Waals surface area contributed by atoms with E-state index >= 15 is 0 Å². The molecule has 4 rings (SSSR count). The maximum Gasteiger partial charge on any atom is 0.254 e. The number of likely N-dealkylation sites (tertiary alicyclic amines) is 1. The number of benzene rings is 2. The third kappa shape index (κ3) is 3.82. The minimum Gasteiger partial charge on any atom is -0.391 e. The SMILES string of the molecule is Cc1cccc(-c2ccccc2C(=O)N2C[C@@H](Cc3ccncc3)[C@H](O)C2)c1. The lowest BCUT2D eigenvalue weighted by molar-refractivity contribution is 0.0765. The molecule has 142 valence electrons. The molecule has 1 fully saturated rings. The van der Waals surface area contributed by atoms with Crippen molar-refractivity contribution < 1.29 is 9.90 Å². The van der Waals surface area contributed by atoms with Crippen LogP contribution in [0, 0.1) is 12.8 Å². The van der Waals surface area contributed by atoms with E-state index in [1.54, 1.807) is 17.3 Å². The number of carbonyl (C=O) groups is 1. The predicted octanol–water partition coefficient (Wildman–Crippen LogP) is 3.73. The molecule has 1 saturated heterocycles. The van der Waals surface area contributed by atoms with E-state index in [2.05, 4.69) is 24.0 Å². The van der Waals surface area contributed by atoms with Crippen molar-refractivity contribution in [3.63, 3.8) is 0 Å². The van der Waals surface area contributed by atoms with Crippen LogP contribution in [-0.4, -0.2) is 40.1 Å². The molecule has 4 heteroatoms. The molecule has 2 atom stereocenters. The molecular weight excluding hydrogens is 348 g/mol. The number of carbonyl (C=O) groups excluding carboxylic acids is 1. The Balaban J connectivity index is 1.56. The van der Waals surface area contributed by atoms with Crippen LogP contribution >= 0.6 is 0 Å². The fourth-order valence-corrected chi connectivity index (χ4v) is 3.95. The maximum atomic E-state index is 13.3. The van der Waals surface area contributed by atoms with Crippen LogP contribution in [0.3, 0.4) is 0 Å². The highest BCUT2D eigenvalue weighted by Crippen LogP contribution is 2.28. The second kappa shape index (κ2) is 7.95. The monoisotopic (exact) mass is 372 g/mol. The van der Waals surface area contributed by atoms with E-state index in [1.807, 2.05) is 48.5 Å². The van der Waals surface area contributed by atoms with Gasteiger partial charge < -0.3 is 10.0 Å². The molecule has 2 heterocycles. The Labute approximate surface area is 165 Å². The molecule has 1 aromatic heterocycles. The van der Waals surface area contributed by atoms with Gasteiger partial charge in [-0.1, -0.05) is 48.0 Å². The normalized spacial score (nSPS) is 19.0. The molecule has 3 aromatic rings. The molecule has 0 unspecified atom stereocenters. The summed E-state index contributed by atoms with van der Waals surface area (Å²) in [6, 6.07) is 19.8. The Hall–Kier alpha value is -2.98. The molecule has 1 amide bonds. The predicted molar refractivity (Wildman–Crippen MR) is 110 cm³/mol. The number of nitrogens with zero attached hydrogens (tertiary/aromatic N) is 2. The van der Waals surface area contributed by atoms with E-state index in [0.29, 0.717) is 18.7 Å². The Kier molecular flexibility index (Phi) is 5.22. The second-order valence-corrected chi connectivity index (χ2v) is 7.51. The Morgan fingerprint density at radius 3 is 2.64 bits per heavy atom. The van der Waals surface area contributed by atoms with Crippen molar-refractivity contribution in [2.24, 2.45) is 5.92 Å². The number of hydrogen-bond acceptors (Lipinski definition) is 3. The molecule has 1 N–H and O–H groups in total. The number of hydrogen-bond donors (Lipinski definition) is 1. The molecule has 1 aliphatic heterocycles. The van der Waals surface area contributed by atoms with Crippen molar-refractivity contribution in [3.8, 4) is 11.1 Å². The highest BCUT2D eigenvalue weighted by Gasteiger charge is 2.34.